The topological polar surface area (TPSA) is 52.6 Å². The number of carbonyl (C=O) groups is 1. The molecule has 0 aliphatic rings. The van der Waals surface area contributed by atoms with E-state index in [4.69, 9.17) is 0 Å². The van der Waals surface area contributed by atoms with Crippen LogP contribution in [0.1, 0.15) is 32.3 Å². The van der Waals surface area contributed by atoms with Gasteiger partial charge in [0.25, 0.3) is 0 Å². The molecule has 0 radical (unpaired) electrons. The molecule has 0 unspecified atom stereocenters. The molecule has 1 aromatic rings. The van der Waals surface area contributed by atoms with Crippen LogP contribution in [0.2, 0.25) is 0 Å². The number of hydrogen-bond acceptors (Lipinski definition) is 3. The van der Waals surface area contributed by atoms with Gasteiger partial charge < -0.3 is 10.4 Å². The average molecular weight is 357 g/mol. The highest BCUT2D eigenvalue weighted by atomic mass is 79.9. The molecule has 21 heavy (non-hydrogen) atoms. The Morgan fingerprint density at radius 2 is 2.05 bits per heavy atom. The standard InChI is InChI=1S/C16H25BrN2O2/c1-4-14(5-2)19(8-9-20)11-16(21)18-15-7-6-13(17)10-12(15)3/h6-7,10,14,20H,4-5,8-9,11H2,1-3H3,(H,18,21). The van der Waals surface area contributed by atoms with Gasteiger partial charge in [-0.1, -0.05) is 29.8 Å². The average Bonchev–Trinajstić information content (AvgIpc) is 2.43. The predicted molar refractivity (Wildman–Crippen MR) is 90.5 cm³/mol. The molecule has 0 aliphatic heterocycles. The van der Waals surface area contributed by atoms with Gasteiger partial charge in [0.1, 0.15) is 0 Å². The van der Waals surface area contributed by atoms with Gasteiger partial charge in [-0.25, -0.2) is 0 Å². The van der Waals surface area contributed by atoms with E-state index in [-0.39, 0.29) is 12.5 Å². The molecule has 5 heteroatoms. The van der Waals surface area contributed by atoms with Crippen LogP contribution >= 0.6 is 15.9 Å². The lowest BCUT2D eigenvalue weighted by molar-refractivity contribution is -0.118. The quantitative estimate of drug-likeness (QED) is 0.751. The second kappa shape index (κ2) is 9.18. The number of nitrogens with one attached hydrogen (secondary N) is 1. The Labute approximate surface area is 135 Å². The number of halogens is 1. The van der Waals surface area contributed by atoms with E-state index >= 15 is 0 Å². The highest BCUT2D eigenvalue weighted by Crippen LogP contribution is 2.20. The number of benzene rings is 1. The highest BCUT2D eigenvalue weighted by molar-refractivity contribution is 9.10. The van der Waals surface area contributed by atoms with E-state index < -0.39 is 0 Å². The molecular weight excluding hydrogens is 332 g/mol. The van der Waals surface area contributed by atoms with Crippen LogP contribution in [0.15, 0.2) is 22.7 Å². The second-order valence-corrected chi connectivity index (χ2v) is 6.09. The number of amides is 1. The van der Waals surface area contributed by atoms with Crippen LogP contribution in [-0.4, -0.2) is 41.7 Å². The van der Waals surface area contributed by atoms with Crippen LogP contribution in [0.25, 0.3) is 0 Å². The Kier molecular flexibility index (Phi) is 7.93. The normalized spacial score (nSPS) is 11.2. The van der Waals surface area contributed by atoms with Gasteiger partial charge in [0.15, 0.2) is 0 Å². The molecule has 1 amide bonds. The Bertz CT molecular complexity index is 462. The fourth-order valence-electron chi connectivity index (χ4n) is 2.47. The third-order valence-electron chi connectivity index (χ3n) is 3.66. The van der Waals surface area contributed by atoms with Crippen LogP contribution in [-0.2, 0) is 4.79 Å². The molecule has 0 saturated carbocycles. The molecular formula is C16H25BrN2O2. The van der Waals surface area contributed by atoms with Crippen molar-refractivity contribution in [1.29, 1.82) is 0 Å². The molecule has 1 rings (SSSR count). The monoisotopic (exact) mass is 356 g/mol. The van der Waals surface area contributed by atoms with Crippen molar-refractivity contribution in [3.8, 4) is 0 Å². The second-order valence-electron chi connectivity index (χ2n) is 5.17. The number of rotatable bonds is 8. The highest BCUT2D eigenvalue weighted by Gasteiger charge is 2.18. The van der Waals surface area contributed by atoms with E-state index in [1.54, 1.807) is 0 Å². The fraction of sp³-hybridized carbons (Fsp3) is 0.562. The summed E-state index contributed by atoms with van der Waals surface area (Å²) in [6.45, 7) is 7.08. The Morgan fingerprint density at radius 1 is 1.38 bits per heavy atom. The maximum absolute atomic E-state index is 12.2. The lowest BCUT2D eigenvalue weighted by Crippen LogP contribution is -2.42. The summed E-state index contributed by atoms with van der Waals surface area (Å²) in [5.41, 5.74) is 1.85. The first-order chi connectivity index (χ1) is 10.0. The van der Waals surface area contributed by atoms with Crippen LogP contribution in [0.5, 0.6) is 0 Å². The van der Waals surface area contributed by atoms with Crippen molar-refractivity contribution in [2.75, 3.05) is 25.0 Å². The molecule has 0 atom stereocenters. The van der Waals surface area contributed by atoms with Crippen molar-refractivity contribution in [1.82, 2.24) is 4.90 Å². The molecule has 118 valence electrons. The lowest BCUT2D eigenvalue weighted by atomic mass is 10.1. The maximum atomic E-state index is 12.2. The molecule has 0 aromatic heterocycles. The summed E-state index contributed by atoms with van der Waals surface area (Å²) in [7, 11) is 0. The Hall–Kier alpha value is -0.910. The van der Waals surface area contributed by atoms with E-state index in [9.17, 15) is 9.90 Å². The van der Waals surface area contributed by atoms with Crippen molar-refractivity contribution in [2.45, 2.75) is 39.7 Å². The fourth-order valence-corrected chi connectivity index (χ4v) is 2.94. The summed E-state index contributed by atoms with van der Waals surface area (Å²) in [5, 5.41) is 12.1. The number of aryl methyl sites for hydroxylation is 1. The molecule has 4 nitrogen and oxygen atoms in total. The van der Waals surface area contributed by atoms with Gasteiger partial charge in [0.05, 0.1) is 13.2 Å². The Balaban J connectivity index is 2.69. The van der Waals surface area contributed by atoms with E-state index in [0.29, 0.717) is 19.1 Å². The largest absolute Gasteiger partial charge is 0.395 e. The molecule has 1 aromatic carbocycles. The molecule has 0 heterocycles. The summed E-state index contributed by atoms with van der Waals surface area (Å²) >= 11 is 3.41. The van der Waals surface area contributed by atoms with Gasteiger partial charge in [-0.15, -0.1) is 0 Å². The van der Waals surface area contributed by atoms with Crippen LogP contribution in [0.4, 0.5) is 5.69 Å². The summed E-state index contributed by atoms with van der Waals surface area (Å²) < 4.78 is 0.997. The first-order valence-corrected chi connectivity index (χ1v) is 8.22. The van der Waals surface area contributed by atoms with Crippen molar-refractivity contribution >= 4 is 27.5 Å². The van der Waals surface area contributed by atoms with E-state index in [1.807, 2.05) is 30.0 Å². The van der Waals surface area contributed by atoms with E-state index in [0.717, 1.165) is 28.6 Å². The summed E-state index contributed by atoms with van der Waals surface area (Å²) in [4.78, 5) is 14.3. The first-order valence-electron chi connectivity index (χ1n) is 7.42. The van der Waals surface area contributed by atoms with Gasteiger partial charge in [-0.3, -0.25) is 9.69 Å². The van der Waals surface area contributed by atoms with Crippen molar-refractivity contribution in [3.05, 3.63) is 28.2 Å². The number of anilines is 1. The molecule has 2 N–H and O–H groups in total. The van der Waals surface area contributed by atoms with Crippen molar-refractivity contribution in [2.24, 2.45) is 0 Å². The molecule has 0 fully saturated rings. The number of aliphatic hydroxyl groups excluding tert-OH is 1. The zero-order chi connectivity index (χ0) is 15.8. The molecule has 0 saturated heterocycles. The summed E-state index contributed by atoms with van der Waals surface area (Å²) in [5.74, 6) is -0.0410. The lowest BCUT2D eigenvalue weighted by Gasteiger charge is -2.29. The van der Waals surface area contributed by atoms with Crippen LogP contribution in [0, 0.1) is 6.92 Å². The smallest absolute Gasteiger partial charge is 0.238 e. The number of carbonyl (C=O) groups excluding carboxylic acids is 1. The van der Waals surface area contributed by atoms with Gasteiger partial charge >= 0.3 is 0 Å². The van der Waals surface area contributed by atoms with Gasteiger partial charge in [0, 0.05) is 22.7 Å². The zero-order valence-corrected chi connectivity index (χ0v) is 14.6. The molecule has 0 aliphatic carbocycles. The third-order valence-corrected chi connectivity index (χ3v) is 4.15. The van der Waals surface area contributed by atoms with Gasteiger partial charge in [0.2, 0.25) is 5.91 Å². The first kappa shape index (κ1) is 18.1. The van der Waals surface area contributed by atoms with Gasteiger partial charge in [-0.05, 0) is 43.5 Å². The minimum atomic E-state index is -0.0410. The maximum Gasteiger partial charge on any atom is 0.238 e. The number of aliphatic hydroxyl groups is 1. The minimum absolute atomic E-state index is 0.0410. The Morgan fingerprint density at radius 3 is 2.57 bits per heavy atom. The van der Waals surface area contributed by atoms with Crippen LogP contribution in [0.3, 0.4) is 0 Å². The molecule has 0 spiro atoms. The zero-order valence-electron chi connectivity index (χ0n) is 13.0. The predicted octanol–water partition coefficient (Wildman–Crippen LogP) is 3.18. The van der Waals surface area contributed by atoms with Crippen molar-refractivity contribution < 1.29 is 9.90 Å². The van der Waals surface area contributed by atoms with Crippen LogP contribution < -0.4 is 5.32 Å². The SMILES string of the molecule is CCC(CC)N(CCO)CC(=O)Nc1ccc(Br)cc1C. The van der Waals surface area contributed by atoms with Gasteiger partial charge in [-0.2, -0.15) is 0 Å². The minimum Gasteiger partial charge on any atom is -0.395 e. The third kappa shape index (κ3) is 5.77. The van der Waals surface area contributed by atoms with Crippen molar-refractivity contribution in [3.63, 3.8) is 0 Å². The molecule has 0 bridgehead atoms. The number of nitrogens with zero attached hydrogens (tertiary/aromatic N) is 1. The van der Waals surface area contributed by atoms with E-state index in [1.165, 1.54) is 0 Å². The van der Waals surface area contributed by atoms with E-state index in [2.05, 4.69) is 35.1 Å². The number of hydrogen-bond donors (Lipinski definition) is 2. The summed E-state index contributed by atoms with van der Waals surface area (Å²) in [6, 6.07) is 6.11. The summed E-state index contributed by atoms with van der Waals surface area (Å²) in [6.07, 6.45) is 1.95.